The smallest absolute Gasteiger partial charge is 0.256 e. The fourth-order valence-electron chi connectivity index (χ4n) is 1.81. The summed E-state index contributed by atoms with van der Waals surface area (Å²) in [5, 5.41) is 12.8. The highest BCUT2D eigenvalue weighted by Gasteiger charge is 2.12. The van der Waals surface area contributed by atoms with Crippen molar-refractivity contribution < 1.29 is 14.6 Å². The molecule has 0 unspecified atom stereocenters. The van der Waals surface area contributed by atoms with Gasteiger partial charge in [-0.1, -0.05) is 17.7 Å². The normalized spacial score (nSPS) is 10.2. The zero-order chi connectivity index (χ0) is 14.7. The summed E-state index contributed by atoms with van der Waals surface area (Å²) in [6.07, 6.45) is 0. The summed E-state index contributed by atoms with van der Waals surface area (Å²) in [6, 6.07) is 9.79. The van der Waals surface area contributed by atoms with E-state index in [-0.39, 0.29) is 11.7 Å². The van der Waals surface area contributed by atoms with E-state index in [0.29, 0.717) is 27.6 Å². The minimum absolute atomic E-state index is 0.0883. The topological polar surface area (TPSA) is 58.6 Å². The van der Waals surface area contributed by atoms with E-state index in [1.807, 2.05) is 0 Å². The molecule has 2 aromatic carbocycles. The highest BCUT2D eigenvalue weighted by Crippen LogP contribution is 2.28. The molecule has 0 aliphatic rings. The molecule has 2 rings (SSSR count). The Morgan fingerprint density at radius 1 is 1.30 bits per heavy atom. The third kappa shape index (κ3) is 2.86. The van der Waals surface area contributed by atoms with Crippen LogP contribution in [0.4, 0.5) is 5.69 Å². The summed E-state index contributed by atoms with van der Waals surface area (Å²) >= 11 is 6.00. The van der Waals surface area contributed by atoms with Crippen LogP contribution in [0, 0.1) is 6.92 Å². The molecule has 0 radical (unpaired) electrons. The lowest BCUT2D eigenvalue weighted by molar-refractivity contribution is 0.102. The maximum absolute atomic E-state index is 12.2. The minimum Gasteiger partial charge on any atom is -0.508 e. The van der Waals surface area contributed by atoms with Crippen molar-refractivity contribution >= 4 is 23.2 Å². The van der Waals surface area contributed by atoms with Gasteiger partial charge in [0.15, 0.2) is 0 Å². The number of hydrogen-bond acceptors (Lipinski definition) is 3. The van der Waals surface area contributed by atoms with Crippen LogP contribution in [0.2, 0.25) is 5.02 Å². The third-order valence-electron chi connectivity index (χ3n) is 2.96. The summed E-state index contributed by atoms with van der Waals surface area (Å²) in [5.41, 5.74) is 1.50. The summed E-state index contributed by atoms with van der Waals surface area (Å²) in [6.45, 7) is 1.69. The molecule has 0 atom stereocenters. The van der Waals surface area contributed by atoms with Gasteiger partial charge < -0.3 is 15.2 Å². The van der Waals surface area contributed by atoms with Crippen molar-refractivity contribution in [3.05, 3.63) is 52.5 Å². The molecule has 0 saturated carbocycles. The van der Waals surface area contributed by atoms with Gasteiger partial charge in [-0.25, -0.2) is 0 Å². The van der Waals surface area contributed by atoms with Crippen LogP contribution >= 0.6 is 11.6 Å². The largest absolute Gasteiger partial charge is 0.508 e. The quantitative estimate of drug-likeness (QED) is 0.908. The van der Waals surface area contributed by atoms with Gasteiger partial charge in [-0.2, -0.15) is 0 Å². The minimum atomic E-state index is -0.306. The van der Waals surface area contributed by atoms with Gasteiger partial charge >= 0.3 is 0 Å². The number of phenolic OH excluding ortho intramolecular Hbond substituents is 1. The van der Waals surface area contributed by atoms with Crippen molar-refractivity contribution in [1.82, 2.24) is 0 Å². The van der Waals surface area contributed by atoms with Crippen molar-refractivity contribution in [3.63, 3.8) is 0 Å². The van der Waals surface area contributed by atoms with Crippen molar-refractivity contribution in [3.8, 4) is 11.5 Å². The van der Waals surface area contributed by atoms with Crippen LogP contribution in [-0.2, 0) is 0 Å². The maximum Gasteiger partial charge on any atom is 0.256 e. The van der Waals surface area contributed by atoms with Gasteiger partial charge in [-0.05, 0) is 37.3 Å². The van der Waals surface area contributed by atoms with Gasteiger partial charge in [0, 0.05) is 16.8 Å². The second-order valence-electron chi connectivity index (χ2n) is 4.25. The van der Waals surface area contributed by atoms with E-state index >= 15 is 0 Å². The van der Waals surface area contributed by atoms with Crippen molar-refractivity contribution in [2.45, 2.75) is 6.92 Å². The number of amides is 1. The third-order valence-corrected chi connectivity index (χ3v) is 3.25. The molecular formula is C15H14ClNO3. The molecule has 5 heteroatoms. The highest BCUT2D eigenvalue weighted by molar-refractivity contribution is 6.32. The Hall–Kier alpha value is -2.20. The van der Waals surface area contributed by atoms with Crippen LogP contribution in [0.25, 0.3) is 0 Å². The Kier molecular flexibility index (Phi) is 4.15. The zero-order valence-electron chi connectivity index (χ0n) is 11.1. The second-order valence-corrected chi connectivity index (χ2v) is 4.66. The number of carbonyl (C=O) groups is 1. The Labute approximate surface area is 122 Å². The van der Waals surface area contributed by atoms with Crippen LogP contribution in [0.5, 0.6) is 11.5 Å². The zero-order valence-corrected chi connectivity index (χ0v) is 11.9. The number of carbonyl (C=O) groups excluding carboxylic acids is 1. The number of halogens is 1. The molecule has 0 saturated heterocycles. The van der Waals surface area contributed by atoms with Gasteiger partial charge in [0.25, 0.3) is 5.91 Å². The average Bonchev–Trinajstić information content (AvgIpc) is 2.42. The number of phenols is 1. The lowest BCUT2D eigenvalue weighted by atomic mass is 10.1. The van der Waals surface area contributed by atoms with Crippen LogP contribution in [0.3, 0.4) is 0 Å². The van der Waals surface area contributed by atoms with Gasteiger partial charge in [0.2, 0.25) is 0 Å². The van der Waals surface area contributed by atoms with E-state index in [4.69, 9.17) is 16.3 Å². The van der Waals surface area contributed by atoms with E-state index in [2.05, 4.69) is 5.32 Å². The first-order valence-corrected chi connectivity index (χ1v) is 6.34. The first-order chi connectivity index (χ1) is 9.52. The number of aromatic hydroxyl groups is 1. The van der Waals surface area contributed by atoms with E-state index in [1.54, 1.807) is 37.3 Å². The molecule has 0 aliphatic heterocycles. The number of anilines is 1. The molecule has 4 nitrogen and oxygen atoms in total. The second kappa shape index (κ2) is 5.84. The first kappa shape index (κ1) is 14.2. The first-order valence-electron chi connectivity index (χ1n) is 5.96. The van der Waals surface area contributed by atoms with E-state index in [0.717, 1.165) is 0 Å². The molecule has 0 aromatic heterocycles. The molecule has 2 aromatic rings. The average molecular weight is 292 g/mol. The van der Waals surface area contributed by atoms with Crippen molar-refractivity contribution in [2.24, 2.45) is 0 Å². The van der Waals surface area contributed by atoms with E-state index in [9.17, 15) is 9.90 Å². The van der Waals surface area contributed by atoms with Crippen LogP contribution in [0.1, 0.15) is 15.9 Å². The van der Waals surface area contributed by atoms with Gasteiger partial charge in [0.1, 0.15) is 11.5 Å². The Balaban J connectivity index is 2.24. The van der Waals surface area contributed by atoms with Gasteiger partial charge in [0.05, 0.1) is 12.1 Å². The molecule has 0 fully saturated rings. The molecule has 0 aliphatic carbocycles. The van der Waals surface area contributed by atoms with Gasteiger partial charge in [-0.3, -0.25) is 4.79 Å². The van der Waals surface area contributed by atoms with Crippen molar-refractivity contribution in [1.29, 1.82) is 0 Å². The molecule has 2 N–H and O–H groups in total. The predicted molar refractivity (Wildman–Crippen MR) is 78.8 cm³/mol. The van der Waals surface area contributed by atoms with E-state index in [1.165, 1.54) is 13.2 Å². The maximum atomic E-state index is 12.2. The summed E-state index contributed by atoms with van der Waals surface area (Å²) in [5.74, 6) is 0.322. The molecule has 0 heterocycles. The van der Waals surface area contributed by atoms with Crippen LogP contribution in [0.15, 0.2) is 36.4 Å². The van der Waals surface area contributed by atoms with Gasteiger partial charge in [-0.15, -0.1) is 0 Å². The summed E-state index contributed by atoms with van der Waals surface area (Å²) < 4.78 is 5.05. The SMILES string of the molecule is COc1ccc(NC(=O)c2cccc(O)c2C)cc1Cl. The van der Waals surface area contributed by atoms with Crippen LogP contribution < -0.4 is 10.1 Å². The Morgan fingerprint density at radius 3 is 2.70 bits per heavy atom. The number of hydrogen-bond donors (Lipinski definition) is 2. The number of ether oxygens (including phenoxy) is 1. The highest BCUT2D eigenvalue weighted by atomic mass is 35.5. The molecule has 0 bridgehead atoms. The molecule has 0 spiro atoms. The number of benzene rings is 2. The molecular weight excluding hydrogens is 278 g/mol. The Morgan fingerprint density at radius 2 is 2.05 bits per heavy atom. The summed E-state index contributed by atoms with van der Waals surface area (Å²) in [4.78, 5) is 12.2. The standard InChI is InChI=1S/C15H14ClNO3/c1-9-11(4-3-5-13(9)18)15(19)17-10-6-7-14(20-2)12(16)8-10/h3-8,18H,1-2H3,(H,17,19). The lowest BCUT2D eigenvalue weighted by Gasteiger charge is -2.10. The number of rotatable bonds is 3. The van der Waals surface area contributed by atoms with Crippen molar-refractivity contribution in [2.75, 3.05) is 12.4 Å². The molecule has 104 valence electrons. The fourth-order valence-corrected chi connectivity index (χ4v) is 2.07. The Bertz CT molecular complexity index is 656. The van der Waals surface area contributed by atoms with Crippen LogP contribution in [-0.4, -0.2) is 18.1 Å². The van der Waals surface area contributed by atoms with E-state index < -0.39 is 0 Å². The molecule has 1 amide bonds. The predicted octanol–water partition coefficient (Wildman–Crippen LogP) is 3.61. The fraction of sp³-hybridized carbons (Fsp3) is 0.133. The number of methoxy groups -OCH3 is 1. The summed E-state index contributed by atoms with van der Waals surface area (Å²) in [7, 11) is 1.52. The number of nitrogens with one attached hydrogen (secondary N) is 1. The lowest BCUT2D eigenvalue weighted by Crippen LogP contribution is -2.13. The monoisotopic (exact) mass is 291 g/mol. The molecule has 20 heavy (non-hydrogen) atoms.